The van der Waals surface area contributed by atoms with E-state index in [0.717, 1.165) is 16.8 Å². The summed E-state index contributed by atoms with van der Waals surface area (Å²) in [6.07, 6.45) is 1.97. The van der Waals surface area contributed by atoms with E-state index in [1.165, 1.54) is 5.56 Å². The van der Waals surface area contributed by atoms with Crippen molar-refractivity contribution in [3.05, 3.63) is 76.5 Å². The van der Waals surface area contributed by atoms with Crippen molar-refractivity contribution in [1.29, 1.82) is 5.26 Å². The lowest BCUT2D eigenvalue weighted by Gasteiger charge is -2.40. The van der Waals surface area contributed by atoms with Gasteiger partial charge in [-0.3, -0.25) is 4.79 Å². The molecule has 2 aromatic carbocycles. The van der Waals surface area contributed by atoms with Gasteiger partial charge in [0.05, 0.1) is 17.7 Å². The predicted octanol–water partition coefficient (Wildman–Crippen LogP) is 4.28. The lowest BCUT2D eigenvalue weighted by Crippen LogP contribution is -2.55. The molecule has 3 rings (SSSR count). The third-order valence-corrected chi connectivity index (χ3v) is 5.75. The van der Waals surface area contributed by atoms with Gasteiger partial charge in [-0.1, -0.05) is 31.2 Å². The molecule has 0 spiro atoms. The minimum absolute atomic E-state index is 0.00362. The molecule has 0 aliphatic carbocycles. The van der Waals surface area contributed by atoms with Crippen molar-refractivity contribution in [2.75, 3.05) is 11.9 Å². The van der Waals surface area contributed by atoms with Crippen LogP contribution in [0.2, 0.25) is 0 Å². The molecule has 0 aromatic heterocycles. The number of piperazine rings is 1. The van der Waals surface area contributed by atoms with Crippen LogP contribution in [0.3, 0.4) is 0 Å². The van der Waals surface area contributed by atoms with Gasteiger partial charge in [-0.05, 0) is 68.7 Å². The Balaban J connectivity index is 1.88. The van der Waals surface area contributed by atoms with Crippen molar-refractivity contribution in [3.63, 3.8) is 0 Å². The van der Waals surface area contributed by atoms with E-state index in [1.54, 1.807) is 17.1 Å². The summed E-state index contributed by atoms with van der Waals surface area (Å²) >= 11 is 0. The van der Waals surface area contributed by atoms with Gasteiger partial charge >= 0.3 is 0 Å². The monoisotopic (exact) mass is 431 g/mol. The van der Waals surface area contributed by atoms with Crippen LogP contribution in [-0.2, 0) is 11.3 Å². The van der Waals surface area contributed by atoms with Gasteiger partial charge in [0.15, 0.2) is 0 Å². The average Bonchev–Trinajstić information content (AvgIpc) is 2.75. The topological polar surface area (TPSA) is 85.4 Å². The summed E-state index contributed by atoms with van der Waals surface area (Å²) in [6, 6.07) is 16.1. The van der Waals surface area contributed by atoms with E-state index in [-0.39, 0.29) is 17.9 Å². The predicted molar refractivity (Wildman–Crippen MR) is 128 cm³/mol. The molecule has 1 aliphatic heterocycles. The standard InChI is InChI=1S/C26H33N5O/c1-17(2)29-24-12-18(3)6-11-23(24)19(4)13-25-26(32)30(15-20(5)31(25)28)16-22-9-7-21(14-27)8-10-22/h6-13,17,19-20,29H,15-16,28H2,1-5H3/b25-13-. The fourth-order valence-electron chi connectivity index (χ4n) is 4.03. The Labute approximate surface area is 191 Å². The second kappa shape index (κ2) is 9.88. The molecule has 1 heterocycles. The molecule has 1 amide bonds. The van der Waals surface area contributed by atoms with Crippen LogP contribution in [-0.4, -0.2) is 34.4 Å². The van der Waals surface area contributed by atoms with Gasteiger partial charge in [0.2, 0.25) is 0 Å². The number of rotatable bonds is 6. The molecule has 3 N–H and O–H groups in total. The van der Waals surface area contributed by atoms with Gasteiger partial charge in [0.1, 0.15) is 5.70 Å². The quantitative estimate of drug-likeness (QED) is 0.527. The molecule has 1 fully saturated rings. The Morgan fingerprint density at radius 2 is 1.91 bits per heavy atom. The van der Waals surface area contributed by atoms with Gasteiger partial charge in [0.25, 0.3) is 5.91 Å². The number of aryl methyl sites for hydroxylation is 1. The number of hydrazine groups is 1. The zero-order valence-corrected chi connectivity index (χ0v) is 19.6. The number of nitrogens with zero attached hydrogens (tertiary/aromatic N) is 3. The highest BCUT2D eigenvalue weighted by atomic mass is 16.2. The Morgan fingerprint density at radius 1 is 1.22 bits per heavy atom. The summed E-state index contributed by atoms with van der Waals surface area (Å²) in [7, 11) is 0. The summed E-state index contributed by atoms with van der Waals surface area (Å²) in [5, 5.41) is 14.1. The molecule has 1 aliphatic rings. The summed E-state index contributed by atoms with van der Waals surface area (Å²) in [5.41, 5.74) is 5.52. The number of benzene rings is 2. The van der Waals surface area contributed by atoms with Gasteiger partial charge in [-0.25, -0.2) is 5.84 Å². The number of nitrogens with two attached hydrogens (primary N) is 1. The Bertz CT molecular complexity index is 1040. The maximum Gasteiger partial charge on any atom is 0.271 e. The van der Waals surface area contributed by atoms with Gasteiger partial charge in [0, 0.05) is 30.7 Å². The average molecular weight is 432 g/mol. The van der Waals surface area contributed by atoms with Crippen molar-refractivity contribution in [1.82, 2.24) is 9.91 Å². The van der Waals surface area contributed by atoms with Gasteiger partial charge in [-0.2, -0.15) is 5.26 Å². The van der Waals surface area contributed by atoms with Crippen LogP contribution < -0.4 is 11.2 Å². The van der Waals surface area contributed by atoms with Crippen molar-refractivity contribution in [2.24, 2.45) is 5.84 Å². The summed E-state index contributed by atoms with van der Waals surface area (Å²) < 4.78 is 0. The van der Waals surface area contributed by atoms with E-state index < -0.39 is 0 Å². The Morgan fingerprint density at radius 3 is 2.53 bits per heavy atom. The van der Waals surface area contributed by atoms with Crippen molar-refractivity contribution >= 4 is 11.6 Å². The summed E-state index contributed by atoms with van der Waals surface area (Å²) in [4.78, 5) is 15.2. The van der Waals surface area contributed by atoms with Gasteiger partial charge < -0.3 is 15.2 Å². The zero-order chi connectivity index (χ0) is 23.4. The first-order chi connectivity index (χ1) is 15.2. The minimum atomic E-state index is -0.0766. The van der Waals surface area contributed by atoms with E-state index in [4.69, 9.17) is 11.1 Å². The molecule has 1 saturated heterocycles. The van der Waals surface area contributed by atoms with Crippen LogP contribution in [0.5, 0.6) is 0 Å². The van der Waals surface area contributed by atoms with E-state index >= 15 is 0 Å². The van der Waals surface area contributed by atoms with Crippen LogP contribution in [0, 0.1) is 18.3 Å². The van der Waals surface area contributed by atoms with Crippen LogP contribution in [0.25, 0.3) is 0 Å². The largest absolute Gasteiger partial charge is 0.383 e. The van der Waals surface area contributed by atoms with Crippen LogP contribution in [0.4, 0.5) is 5.69 Å². The smallest absolute Gasteiger partial charge is 0.271 e. The fourth-order valence-corrected chi connectivity index (χ4v) is 4.03. The molecule has 2 unspecified atom stereocenters. The highest BCUT2D eigenvalue weighted by Crippen LogP contribution is 2.30. The van der Waals surface area contributed by atoms with E-state index in [2.05, 4.69) is 57.3 Å². The zero-order valence-electron chi connectivity index (χ0n) is 19.6. The maximum absolute atomic E-state index is 13.4. The minimum Gasteiger partial charge on any atom is -0.383 e. The van der Waals surface area contributed by atoms with E-state index in [1.807, 2.05) is 30.0 Å². The lowest BCUT2D eigenvalue weighted by molar-refractivity contribution is -0.133. The molecule has 0 bridgehead atoms. The van der Waals surface area contributed by atoms with Crippen LogP contribution >= 0.6 is 0 Å². The number of hydrogen-bond donors (Lipinski definition) is 2. The molecule has 168 valence electrons. The molecule has 0 radical (unpaired) electrons. The number of carbonyl (C=O) groups excluding carboxylic acids is 1. The molecule has 32 heavy (non-hydrogen) atoms. The SMILES string of the molecule is Cc1ccc(C(C)/C=C2/C(=O)N(Cc3ccc(C#N)cc3)CC(C)N2N)c(NC(C)C)c1. The number of amides is 1. The van der Waals surface area contributed by atoms with E-state index in [0.29, 0.717) is 30.4 Å². The fraction of sp³-hybridized carbons (Fsp3) is 0.385. The molecular formula is C26H33N5O. The number of hydrogen-bond acceptors (Lipinski definition) is 5. The second-order valence-electron chi connectivity index (χ2n) is 8.98. The Kier molecular flexibility index (Phi) is 7.22. The molecular weight excluding hydrogens is 398 g/mol. The maximum atomic E-state index is 13.4. The second-order valence-corrected chi connectivity index (χ2v) is 8.98. The number of allylic oxidation sites excluding steroid dienone is 1. The highest BCUT2D eigenvalue weighted by Gasteiger charge is 2.32. The highest BCUT2D eigenvalue weighted by molar-refractivity contribution is 5.93. The van der Waals surface area contributed by atoms with Crippen LogP contribution in [0.1, 0.15) is 55.9 Å². The number of carbonyl (C=O) groups is 1. The first kappa shape index (κ1) is 23.4. The number of anilines is 1. The normalized spacial score (nSPS) is 18.8. The number of nitriles is 1. The molecule has 2 aromatic rings. The van der Waals surface area contributed by atoms with Crippen molar-refractivity contribution in [3.8, 4) is 6.07 Å². The van der Waals surface area contributed by atoms with Crippen molar-refractivity contribution < 1.29 is 4.79 Å². The lowest BCUT2D eigenvalue weighted by atomic mass is 9.95. The number of nitrogens with one attached hydrogen (secondary N) is 1. The first-order valence-corrected chi connectivity index (χ1v) is 11.1. The van der Waals surface area contributed by atoms with Gasteiger partial charge in [-0.15, -0.1) is 0 Å². The van der Waals surface area contributed by atoms with Crippen molar-refractivity contribution in [2.45, 2.75) is 59.2 Å². The third kappa shape index (κ3) is 5.30. The summed E-state index contributed by atoms with van der Waals surface area (Å²) in [5.74, 6) is 6.27. The molecule has 6 heteroatoms. The molecule has 0 saturated carbocycles. The Hall–Kier alpha value is -3.30. The third-order valence-electron chi connectivity index (χ3n) is 5.75. The van der Waals surface area contributed by atoms with Crippen LogP contribution in [0.15, 0.2) is 54.2 Å². The molecule has 2 atom stereocenters. The van der Waals surface area contributed by atoms with E-state index in [9.17, 15) is 4.79 Å². The molecule has 6 nitrogen and oxygen atoms in total. The first-order valence-electron chi connectivity index (χ1n) is 11.1. The summed E-state index contributed by atoms with van der Waals surface area (Å²) in [6.45, 7) is 11.5.